The van der Waals surface area contributed by atoms with Crippen molar-refractivity contribution in [3.8, 4) is 11.1 Å². The number of rotatable bonds is 5. The molecule has 3 aromatic rings. The lowest BCUT2D eigenvalue weighted by Crippen LogP contribution is -2.47. The normalized spacial score (nSPS) is 24.4. The zero-order valence-electron chi connectivity index (χ0n) is 17.9. The van der Waals surface area contributed by atoms with Crippen LogP contribution in [0.2, 0.25) is 5.15 Å². The molecule has 3 unspecified atom stereocenters. The van der Waals surface area contributed by atoms with Crippen molar-refractivity contribution >= 4 is 28.5 Å². The number of pyridine rings is 2. The van der Waals surface area contributed by atoms with Crippen molar-refractivity contribution in [2.45, 2.75) is 50.6 Å². The molecule has 1 saturated heterocycles. The molecule has 0 radical (unpaired) electrons. The van der Waals surface area contributed by atoms with Crippen LogP contribution in [0.3, 0.4) is 0 Å². The Labute approximate surface area is 188 Å². The average molecular weight is 439 g/mol. The molecule has 6 nitrogen and oxygen atoms in total. The van der Waals surface area contributed by atoms with Gasteiger partial charge in [0, 0.05) is 42.0 Å². The third kappa shape index (κ3) is 4.56. The van der Waals surface area contributed by atoms with E-state index in [9.17, 15) is 0 Å². The first-order chi connectivity index (χ1) is 15.2. The highest BCUT2D eigenvalue weighted by Crippen LogP contribution is 2.34. The van der Waals surface area contributed by atoms with E-state index in [1.165, 1.54) is 19.3 Å². The van der Waals surface area contributed by atoms with E-state index >= 15 is 0 Å². The van der Waals surface area contributed by atoms with Gasteiger partial charge in [-0.1, -0.05) is 11.6 Å². The highest BCUT2D eigenvalue weighted by Gasteiger charge is 2.29. The Morgan fingerprint density at radius 1 is 1.19 bits per heavy atom. The van der Waals surface area contributed by atoms with Gasteiger partial charge in [0.15, 0.2) is 0 Å². The minimum atomic E-state index is 0.268. The maximum Gasteiger partial charge on any atom is 0.137 e. The van der Waals surface area contributed by atoms with E-state index in [1.807, 2.05) is 18.3 Å². The molecule has 7 heteroatoms. The number of H-pyrrole nitrogens is 1. The summed E-state index contributed by atoms with van der Waals surface area (Å²) < 4.78 is 0. The summed E-state index contributed by atoms with van der Waals surface area (Å²) in [7, 11) is 0. The van der Waals surface area contributed by atoms with E-state index in [0.29, 0.717) is 17.1 Å². The summed E-state index contributed by atoms with van der Waals surface area (Å²) in [4.78, 5) is 15.0. The Balaban J connectivity index is 1.52. The summed E-state index contributed by atoms with van der Waals surface area (Å²) in [6.07, 6.45) is 10.8. The van der Waals surface area contributed by atoms with Crippen LogP contribution in [0.1, 0.15) is 38.5 Å². The number of nitrogens with one attached hydrogen (secondary N) is 2. The van der Waals surface area contributed by atoms with Gasteiger partial charge >= 0.3 is 0 Å². The molecular weight excluding hydrogens is 408 g/mol. The number of fused-ring (bicyclic) bond motifs is 1. The first-order valence-corrected chi connectivity index (χ1v) is 11.9. The summed E-state index contributed by atoms with van der Waals surface area (Å²) in [5.41, 5.74) is 9.44. The molecule has 3 atom stereocenters. The first kappa shape index (κ1) is 20.7. The molecule has 4 heterocycles. The molecule has 31 heavy (non-hydrogen) atoms. The van der Waals surface area contributed by atoms with Gasteiger partial charge in [-0.3, -0.25) is 0 Å². The zero-order valence-corrected chi connectivity index (χ0v) is 18.6. The number of nitrogens with zero attached hydrogens (tertiary/aromatic N) is 3. The van der Waals surface area contributed by atoms with Crippen LogP contribution in [-0.4, -0.2) is 46.7 Å². The number of piperidine rings is 1. The summed E-state index contributed by atoms with van der Waals surface area (Å²) in [6.45, 7) is 3.18. The first-order valence-electron chi connectivity index (χ1n) is 11.5. The van der Waals surface area contributed by atoms with Gasteiger partial charge in [-0.15, -0.1) is 0 Å². The van der Waals surface area contributed by atoms with Crippen LogP contribution < -0.4 is 16.0 Å². The second-order valence-corrected chi connectivity index (χ2v) is 9.47. The van der Waals surface area contributed by atoms with Crippen molar-refractivity contribution in [3.63, 3.8) is 0 Å². The zero-order chi connectivity index (χ0) is 21.2. The van der Waals surface area contributed by atoms with Gasteiger partial charge < -0.3 is 20.9 Å². The monoisotopic (exact) mass is 438 g/mol. The maximum atomic E-state index is 6.57. The molecule has 1 aliphatic carbocycles. The predicted molar refractivity (Wildman–Crippen MR) is 128 cm³/mol. The van der Waals surface area contributed by atoms with E-state index in [-0.39, 0.29) is 6.04 Å². The topological polar surface area (TPSA) is 82.9 Å². The number of anilines is 1. The number of nitrogens with two attached hydrogens (primary N) is 1. The van der Waals surface area contributed by atoms with Crippen molar-refractivity contribution in [1.29, 1.82) is 0 Å². The molecule has 4 N–H and O–H groups in total. The fraction of sp³-hybridized carbons (Fsp3) is 0.500. The van der Waals surface area contributed by atoms with Crippen molar-refractivity contribution in [3.05, 3.63) is 41.8 Å². The summed E-state index contributed by atoms with van der Waals surface area (Å²) >= 11 is 6.57. The molecule has 0 amide bonds. The van der Waals surface area contributed by atoms with Crippen LogP contribution in [0, 0.1) is 5.92 Å². The maximum absolute atomic E-state index is 6.57. The van der Waals surface area contributed by atoms with Crippen LogP contribution in [0.5, 0.6) is 0 Å². The van der Waals surface area contributed by atoms with Crippen molar-refractivity contribution < 1.29 is 0 Å². The third-order valence-electron chi connectivity index (χ3n) is 6.82. The third-order valence-corrected chi connectivity index (χ3v) is 7.01. The lowest BCUT2D eigenvalue weighted by atomic mass is 9.89. The highest BCUT2D eigenvalue weighted by molar-refractivity contribution is 6.29. The SMILES string of the molecule is NC1CCCC(N(CC2CCCNC2)c2cc(-c3c[nH]c4ncccc34)cc(Cl)n2)C1. The average Bonchev–Trinajstić information content (AvgIpc) is 3.22. The van der Waals surface area contributed by atoms with E-state index < -0.39 is 0 Å². The molecule has 1 saturated carbocycles. The summed E-state index contributed by atoms with van der Waals surface area (Å²) in [5.74, 6) is 1.58. The van der Waals surface area contributed by atoms with Crippen LogP contribution >= 0.6 is 11.6 Å². The van der Waals surface area contributed by atoms with Gasteiger partial charge in [-0.2, -0.15) is 0 Å². The smallest absolute Gasteiger partial charge is 0.137 e. The molecule has 1 aliphatic heterocycles. The fourth-order valence-electron chi connectivity index (χ4n) is 5.25. The minimum absolute atomic E-state index is 0.268. The fourth-order valence-corrected chi connectivity index (χ4v) is 5.46. The van der Waals surface area contributed by atoms with Gasteiger partial charge in [0.2, 0.25) is 0 Å². The van der Waals surface area contributed by atoms with E-state index in [1.54, 1.807) is 6.20 Å². The number of halogens is 1. The van der Waals surface area contributed by atoms with Gasteiger partial charge in [-0.25, -0.2) is 9.97 Å². The molecule has 2 aliphatic rings. The molecule has 0 bridgehead atoms. The molecule has 2 fully saturated rings. The lowest BCUT2D eigenvalue weighted by molar-refractivity contribution is 0.328. The molecule has 164 valence electrons. The summed E-state index contributed by atoms with van der Waals surface area (Å²) in [6, 6.07) is 8.88. The second-order valence-electron chi connectivity index (χ2n) is 9.08. The van der Waals surface area contributed by atoms with E-state index in [2.05, 4.69) is 32.3 Å². The Hall–Kier alpha value is -2.15. The van der Waals surface area contributed by atoms with Crippen LogP contribution in [-0.2, 0) is 0 Å². The number of aromatic amines is 1. The Morgan fingerprint density at radius 2 is 2.13 bits per heavy atom. The number of hydrogen-bond acceptors (Lipinski definition) is 5. The highest BCUT2D eigenvalue weighted by atomic mass is 35.5. The second kappa shape index (κ2) is 9.15. The van der Waals surface area contributed by atoms with E-state index in [0.717, 1.165) is 66.9 Å². The standard InChI is InChI=1S/C24H31ClN6/c25-22-10-17(21-14-29-24-20(21)7-3-9-28-24)11-23(30-22)31(15-16-4-2-8-27-13-16)19-6-1-5-18(26)12-19/h3,7,9-11,14,16,18-19,27H,1-2,4-6,8,12-13,15,26H2,(H,28,29). The Morgan fingerprint density at radius 3 is 2.97 bits per heavy atom. The molecule has 0 spiro atoms. The van der Waals surface area contributed by atoms with Crippen LogP contribution in [0.15, 0.2) is 36.7 Å². The largest absolute Gasteiger partial charge is 0.353 e. The van der Waals surface area contributed by atoms with Gasteiger partial charge in [0.05, 0.1) is 0 Å². The van der Waals surface area contributed by atoms with Gasteiger partial charge in [0.1, 0.15) is 16.6 Å². The Kier molecular flexibility index (Phi) is 6.12. The van der Waals surface area contributed by atoms with E-state index in [4.69, 9.17) is 22.3 Å². The van der Waals surface area contributed by atoms with Crippen molar-refractivity contribution in [2.24, 2.45) is 11.7 Å². The molecule has 0 aromatic carbocycles. The molecular formula is C24H31ClN6. The Bertz CT molecular complexity index is 1030. The number of hydrogen-bond donors (Lipinski definition) is 3. The lowest BCUT2D eigenvalue weighted by Gasteiger charge is -2.40. The molecule has 5 rings (SSSR count). The molecule has 3 aromatic heterocycles. The van der Waals surface area contributed by atoms with Gasteiger partial charge in [-0.05, 0) is 87.4 Å². The predicted octanol–water partition coefficient (Wildman–Crippen LogP) is 4.35. The van der Waals surface area contributed by atoms with Crippen molar-refractivity contribution in [2.75, 3.05) is 24.5 Å². The minimum Gasteiger partial charge on any atom is -0.353 e. The van der Waals surface area contributed by atoms with Crippen LogP contribution in [0.4, 0.5) is 5.82 Å². The number of aromatic nitrogens is 3. The van der Waals surface area contributed by atoms with Crippen LogP contribution in [0.25, 0.3) is 22.2 Å². The van der Waals surface area contributed by atoms with Gasteiger partial charge in [0.25, 0.3) is 0 Å². The van der Waals surface area contributed by atoms with Crippen molar-refractivity contribution in [1.82, 2.24) is 20.3 Å². The quantitative estimate of drug-likeness (QED) is 0.515. The summed E-state index contributed by atoms with van der Waals surface area (Å²) in [5, 5.41) is 5.18.